The number of methoxy groups -OCH3 is 1. The Labute approximate surface area is 150 Å². The van der Waals surface area contributed by atoms with Crippen molar-refractivity contribution >= 4 is 0 Å². The second-order valence-corrected chi connectivity index (χ2v) is 8.39. The fraction of sp³-hybridized carbons (Fsp3) is 0.636. The monoisotopic (exact) mass is 340 g/mol. The lowest BCUT2D eigenvalue weighted by Crippen LogP contribution is -2.54. The molecule has 1 aromatic carbocycles. The van der Waals surface area contributed by atoms with E-state index >= 15 is 0 Å². The Morgan fingerprint density at radius 1 is 1.28 bits per heavy atom. The Balaban J connectivity index is 1.79. The van der Waals surface area contributed by atoms with Crippen molar-refractivity contribution in [2.24, 2.45) is 17.3 Å². The molecule has 0 bridgehead atoms. The van der Waals surface area contributed by atoms with Crippen LogP contribution in [-0.4, -0.2) is 29.0 Å². The predicted molar refractivity (Wildman–Crippen MR) is 97.3 cm³/mol. The van der Waals surface area contributed by atoms with E-state index in [2.05, 4.69) is 24.8 Å². The normalized spacial score (nSPS) is 41.9. The molecule has 2 saturated carbocycles. The van der Waals surface area contributed by atoms with Crippen LogP contribution < -0.4 is 0 Å². The van der Waals surface area contributed by atoms with Crippen LogP contribution in [0.25, 0.3) is 0 Å². The number of aryl methyl sites for hydroxylation is 1. The van der Waals surface area contributed by atoms with Crippen molar-refractivity contribution < 1.29 is 14.9 Å². The van der Waals surface area contributed by atoms with Gasteiger partial charge in [-0.15, -0.1) is 5.92 Å². The predicted octanol–water partition coefficient (Wildman–Crippen LogP) is 3.63. The molecule has 6 atom stereocenters. The minimum Gasteiger partial charge on any atom is -0.508 e. The number of benzene rings is 1. The maximum absolute atomic E-state index is 11.3. The van der Waals surface area contributed by atoms with Crippen LogP contribution in [0.4, 0.5) is 0 Å². The van der Waals surface area contributed by atoms with Crippen LogP contribution in [0.2, 0.25) is 0 Å². The summed E-state index contributed by atoms with van der Waals surface area (Å²) >= 11 is 0. The van der Waals surface area contributed by atoms with Gasteiger partial charge in [-0.05, 0) is 74.1 Å². The summed E-state index contributed by atoms with van der Waals surface area (Å²) in [5.41, 5.74) is 1.48. The van der Waals surface area contributed by atoms with E-state index in [1.807, 2.05) is 13.0 Å². The molecule has 3 heteroatoms. The highest BCUT2D eigenvalue weighted by Gasteiger charge is 2.63. The zero-order valence-electron chi connectivity index (χ0n) is 15.4. The molecule has 0 aromatic heterocycles. The van der Waals surface area contributed by atoms with E-state index in [4.69, 9.17) is 4.74 Å². The molecule has 4 rings (SSSR count). The third kappa shape index (κ3) is 2.27. The topological polar surface area (TPSA) is 49.7 Å². The van der Waals surface area contributed by atoms with Crippen molar-refractivity contribution in [2.75, 3.05) is 7.11 Å². The van der Waals surface area contributed by atoms with E-state index in [0.717, 1.165) is 32.1 Å². The average Bonchev–Trinajstić information content (AvgIpc) is 2.85. The highest BCUT2D eigenvalue weighted by Crippen LogP contribution is 2.64. The molecule has 4 unspecified atom stereocenters. The summed E-state index contributed by atoms with van der Waals surface area (Å²) in [5.74, 6) is 7.79. The van der Waals surface area contributed by atoms with E-state index in [1.54, 1.807) is 13.2 Å². The summed E-state index contributed by atoms with van der Waals surface area (Å²) in [6.07, 6.45) is 4.80. The molecule has 2 N–H and O–H groups in total. The lowest BCUT2D eigenvalue weighted by atomic mass is 9.52. The molecule has 3 aliphatic carbocycles. The lowest BCUT2D eigenvalue weighted by Gasteiger charge is -2.54. The van der Waals surface area contributed by atoms with Crippen molar-refractivity contribution in [3.63, 3.8) is 0 Å². The number of phenolic OH excluding ortho intramolecular Hbond substituents is 1. The van der Waals surface area contributed by atoms with Crippen molar-refractivity contribution in [3.8, 4) is 17.6 Å². The first-order chi connectivity index (χ1) is 11.9. The van der Waals surface area contributed by atoms with Gasteiger partial charge < -0.3 is 14.9 Å². The number of fused-ring (bicyclic) bond motifs is 5. The SMILES string of the molecule is CC#C[C@]1(O)CCC2C3CCc4cc(O)ccc4C3C(OC)C[C@@]21C. The van der Waals surface area contributed by atoms with E-state index in [9.17, 15) is 10.2 Å². The van der Waals surface area contributed by atoms with Gasteiger partial charge in [-0.3, -0.25) is 0 Å². The van der Waals surface area contributed by atoms with Gasteiger partial charge in [0.1, 0.15) is 11.4 Å². The second kappa shape index (κ2) is 5.76. The van der Waals surface area contributed by atoms with Gasteiger partial charge in [0.05, 0.1) is 6.10 Å². The third-order valence-electron chi connectivity index (χ3n) is 7.45. The Morgan fingerprint density at radius 2 is 2.08 bits per heavy atom. The van der Waals surface area contributed by atoms with Crippen molar-refractivity contribution in [1.82, 2.24) is 0 Å². The van der Waals surface area contributed by atoms with E-state index in [0.29, 0.717) is 23.5 Å². The molecule has 3 nitrogen and oxygen atoms in total. The molecule has 3 aliphatic rings. The molecule has 0 spiro atoms. The zero-order chi connectivity index (χ0) is 17.8. The minimum atomic E-state index is -0.899. The molecule has 0 heterocycles. The van der Waals surface area contributed by atoms with Crippen molar-refractivity contribution in [2.45, 2.75) is 63.6 Å². The van der Waals surface area contributed by atoms with E-state index in [-0.39, 0.29) is 11.5 Å². The van der Waals surface area contributed by atoms with Gasteiger partial charge in [0.15, 0.2) is 0 Å². The number of rotatable bonds is 1. The Kier molecular flexibility index (Phi) is 3.90. The molecule has 1 aromatic rings. The maximum Gasteiger partial charge on any atom is 0.131 e. The standard InChI is InChI=1S/C22H28O3/c1-4-10-22(24)11-9-18-17-7-5-14-12-15(23)6-8-16(14)20(17)19(25-3)13-21(18,22)2/h6,8,12,17-20,23-24H,5,7,9,11,13H2,1-3H3/t17?,18?,19?,20?,21-,22-/m0/s1. The molecule has 0 amide bonds. The fourth-order valence-corrected chi connectivity index (χ4v) is 6.26. The first-order valence-corrected chi connectivity index (χ1v) is 9.44. The largest absolute Gasteiger partial charge is 0.508 e. The first kappa shape index (κ1) is 16.9. The zero-order valence-corrected chi connectivity index (χ0v) is 15.4. The molecule has 25 heavy (non-hydrogen) atoms. The molecule has 134 valence electrons. The molecule has 0 radical (unpaired) electrons. The summed E-state index contributed by atoms with van der Waals surface area (Å²) in [6, 6.07) is 5.80. The van der Waals surface area contributed by atoms with Crippen LogP contribution in [0.1, 0.15) is 56.6 Å². The van der Waals surface area contributed by atoms with Crippen LogP contribution in [-0.2, 0) is 11.2 Å². The number of aliphatic hydroxyl groups is 1. The van der Waals surface area contributed by atoms with Crippen LogP contribution in [0.3, 0.4) is 0 Å². The summed E-state index contributed by atoms with van der Waals surface area (Å²) in [7, 11) is 1.79. The summed E-state index contributed by atoms with van der Waals surface area (Å²) in [6.45, 7) is 4.04. The summed E-state index contributed by atoms with van der Waals surface area (Å²) in [5, 5.41) is 21.2. The fourth-order valence-electron chi connectivity index (χ4n) is 6.26. The van der Waals surface area contributed by atoms with Gasteiger partial charge in [0, 0.05) is 18.4 Å². The van der Waals surface area contributed by atoms with Gasteiger partial charge in [0.25, 0.3) is 0 Å². The van der Waals surface area contributed by atoms with Gasteiger partial charge in [-0.2, -0.15) is 0 Å². The number of ether oxygens (including phenoxy) is 1. The second-order valence-electron chi connectivity index (χ2n) is 8.39. The molecule has 0 aliphatic heterocycles. The smallest absolute Gasteiger partial charge is 0.131 e. The van der Waals surface area contributed by atoms with Crippen LogP contribution in [0.15, 0.2) is 18.2 Å². The Bertz CT molecular complexity index is 745. The number of aromatic hydroxyl groups is 1. The molecular formula is C22H28O3. The third-order valence-corrected chi connectivity index (χ3v) is 7.45. The number of hydrogen-bond acceptors (Lipinski definition) is 3. The van der Waals surface area contributed by atoms with Crippen molar-refractivity contribution in [3.05, 3.63) is 29.3 Å². The lowest BCUT2D eigenvalue weighted by molar-refractivity contribution is -0.117. The highest BCUT2D eigenvalue weighted by atomic mass is 16.5. The van der Waals surface area contributed by atoms with Crippen molar-refractivity contribution in [1.29, 1.82) is 0 Å². The number of phenols is 1. The van der Waals surface area contributed by atoms with Crippen LogP contribution in [0, 0.1) is 29.1 Å². The van der Waals surface area contributed by atoms with Gasteiger partial charge in [-0.1, -0.05) is 18.9 Å². The maximum atomic E-state index is 11.3. The quantitative estimate of drug-likeness (QED) is 0.768. The first-order valence-electron chi connectivity index (χ1n) is 9.44. The van der Waals surface area contributed by atoms with Crippen LogP contribution in [0.5, 0.6) is 5.75 Å². The average molecular weight is 340 g/mol. The van der Waals surface area contributed by atoms with E-state index < -0.39 is 5.60 Å². The van der Waals surface area contributed by atoms with Crippen LogP contribution >= 0.6 is 0 Å². The minimum absolute atomic E-state index is 0.0816. The van der Waals surface area contributed by atoms with Gasteiger partial charge >= 0.3 is 0 Å². The Morgan fingerprint density at radius 3 is 2.80 bits per heavy atom. The molecule has 0 saturated heterocycles. The molecule has 2 fully saturated rings. The Hall–Kier alpha value is -1.50. The van der Waals surface area contributed by atoms with E-state index in [1.165, 1.54) is 11.1 Å². The summed E-state index contributed by atoms with van der Waals surface area (Å²) in [4.78, 5) is 0. The molecular weight excluding hydrogens is 312 g/mol. The van der Waals surface area contributed by atoms with Gasteiger partial charge in [0.2, 0.25) is 0 Å². The highest BCUT2D eigenvalue weighted by molar-refractivity contribution is 5.41. The van der Waals surface area contributed by atoms with Gasteiger partial charge in [-0.25, -0.2) is 0 Å². The summed E-state index contributed by atoms with van der Waals surface area (Å²) < 4.78 is 5.97. The number of hydrogen-bond donors (Lipinski definition) is 2.